The van der Waals surface area contributed by atoms with Gasteiger partial charge in [-0.05, 0) is 43.7 Å². The van der Waals surface area contributed by atoms with Crippen LogP contribution < -0.4 is 4.72 Å². The Morgan fingerprint density at radius 2 is 1.72 bits per heavy atom. The van der Waals surface area contributed by atoms with Crippen LogP contribution in [0.5, 0.6) is 0 Å². The number of nitrogens with zero attached hydrogens (tertiary/aromatic N) is 2. The molecule has 1 N–H and O–H groups in total. The maximum absolute atomic E-state index is 12.9. The van der Waals surface area contributed by atoms with E-state index in [9.17, 15) is 13.2 Å². The van der Waals surface area contributed by atoms with Gasteiger partial charge in [-0.1, -0.05) is 25.4 Å². The zero-order valence-corrected chi connectivity index (χ0v) is 16.5. The number of benzene rings is 1. The normalized spacial score (nSPS) is 17.7. The number of carbonyl (C=O) groups is 1. The predicted molar refractivity (Wildman–Crippen MR) is 99.1 cm³/mol. The standard InChI is InChI=1S/C17H26ClN3O3S/c1-13(2)12-16(17(22)21-10-8-20(3)9-11-21)19-25(23,24)15-6-4-14(18)5-7-15/h4-7,13,16,19H,8-12H2,1-3H3/t16-/m0/s1. The first-order chi connectivity index (χ1) is 11.7. The van der Waals surface area contributed by atoms with Crippen LogP contribution in [-0.4, -0.2) is 63.4 Å². The molecular weight excluding hydrogens is 362 g/mol. The van der Waals surface area contributed by atoms with Crippen LogP contribution in [-0.2, 0) is 14.8 Å². The molecule has 1 aromatic rings. The van der Waals surface area contributed by atoms with Crippen LogP contribution >= 0.6 is 11.6 Å². The van der Waals surface area contributed by atoms with E-state index in [0.29, 0.717) is 24.5 Å². The van der Waals surface area contributed by atoms with Crippen molar-refractivity contribution in [2.24, 2.45) is 5.92 Å². The second kappa shape index (κ2) is 8.49. The van der Waals surface area contributed by atoms with E-state index in [0.717, 1.165) is 13.1 Å². The van der Waals surface area contributed by atoms with Crippen LogP contribution in [0.1, 0.15) is 20.3 Å². The zero-order chi connectivity index (χ0) is 18.6. The first kappa shape index (κ1) is 20.2. The summed E-state index contributed by atoms with van der Waals surface area (Å²) in [5.41, 5.74) is 0. The van der Waals surface area contributed by atoms with Gasteiger partial charge in [-0.25, -0.2) is 8.42 Å². The van der Waals surface area contributed by atoms with Gasteiger partial charge in [0.15, 0.2) is 0 Å². The van der Waals surface area contributed by atoms with Gasteiger partial charge in [0.25, 0.3) is 0 Å². The molecule has 0 aromatic heterocycles. The molecule has 1 heterocycles. The van der Waals surface area contributed by atoms with Gasteiger partial charge in [0.1, 0.15) is 6.04 Å². The molecule has 1 saturated heterocycles. The number of likely N-dealkylation sites (N-methyl/N-ethyl adjacent to an activating group) is 1. The molecule has 8 heteroatoms. The highest BCUT2D eigenvalue weighted by Crippen LogP contribution is 2.17. The fraction of sp³-hybridized carbons (Fsp3) is 0.588. The van der Waals surface area contributed by atoms with Crippen molar-refractivity contribution >= 4 is 27.5 Å². The predicted octanol–water partition coefficient (Wildman–Crippen LogP) is 1.81. The maximum atomic E-state index is 12.9. The Balaban J connectivity index is 2.16. The number of carbonyl (C=O) groups excluding carboxylic acids is 1. The van der Waals surface area contributed by atoms with E-state index in [1.165, 1.54) is 24.3 Å². The van der Waals surface area contributed by atoms with Gasteiger partial charge in [0, 0.05) is 31.2 Å². The topological polar surface area (TPSA) is 69.7 Å². The largest absolute Gasteiger partial charge is 0.339 e. The number of rotatable bonds is 6. The Labute approximate surface area is 155 Å². The summed E-state index contributed by atoms with van der Waals surface area (Å²) in [6, 6.07) is 5.17. The van der Waals surface area contributed by atoms with Crippen LogP contribution in [0, 0.1) is 5.92 Å². The van der Waals surface area contributed by atoms with E-state index in [4.69, 9.17) is 11.6 Å². The Bertz CT molecular complexity index is 684. The summed E-state index contributed by atoms with van der Waals surface area (Å²) in [4.78, 5) is 16.9. The Morgan fingerprint density at radius 3 is 2.24 bits per heavy atom. The summed E-state index contributed by atoms with van der Waals surface area (Å²) in [5, 5.41) is 0.464. The highest BCUT2D eigenvalue weighted by molar-refractivity contribution is 7.89. The van der Waals surface area contributed by atoms with Crippen molar-refractivity contribution < 1.29 is 13.2 Å². The molecule has 25 heavy (non-hydrogen) atoms. The quantitative estimate of drug-likeness (QED) is 0.808. The van der Waals surface area contributed by atoms with Crippen LogP contribution in [0.25, 0.3) is 0 Å². The van der Waals surface area contributed by atoms with Gasteiger partial charge in [0.05, 0.1) is 4.90 Å². The van der Waals surface area contributed by atoms with E-state index in [2.05, 4.69) is 9.62 Å². The third-order valence-electron chi connectivity index (χ3n) is 4.24. The lowest BCUT2D eigenvalue weighted by atomic mass is 10.0. The molecule has 0 aliphatic carbocycles. The number of piperazine rings is 1. The van der Waals surface area contributed by atoms with E-state index in [-0.39, 0.29) is 16.7 Å². The molecule has 140 valence electrons. The molecule has 1 fully saturated rings. The smallest absolute Gasteiger partial charge is 0.241 e. The molecule has 1 atom stereocenters. The molecule has 0 spiro atoms. The van der Waals surface area contributed by atoms with Crippen LogP contribution in [0.2, 0.25) is 5.02 Å². The molecule has 6 nitrogen and oxygen atoms in total. The highest BCUT2D eigenvalue weighted by Gasteiger charge is 2.31. The summed E-state index contributed by atoms with van der Waals surface area (Å²) in [5.74, 6) is 0.0358. The minimum atomic E-state index is -3.78. The van der Waals surface area contributed by atoms with Crippen molar-refractivity contribution in [3.8, 4) is 0 Å². The molecule has 2 rings (SSSR count). The summed E-state index contributed by atoms with van der Waals surface area (Å²) in [6.07, 6.45) is 0.456. The molecule has 0 unspecified atom stereocenters. The number of sulfonamides is 1. The van der Waals surface area contributed by atoms with Crippen LogP contribution in [0.15, 0.2) is 29.2 Å². The van der Waals surface area contributed by atoms with Crippen LogP contribution in [0.3, 0.4) is 0 Å². The van der Waals surface area contributed by atoms with Crippen molar-refractivity contribution in [2.45, 2.75) is 31.2 Å². The van der Waals surface area contributed by atoms with Gasteiger partial charge in [0.2, 0.25) is 15.9 Å². The number of nitrogens with one attached hydrogen (secondary N) is 1. The third-order valence-corrected chi connectivity index (χ3v) is 5.98. The molecule has 0 bridgehead atoms. The number of amides is 1. The van der Waals surface area contributed by atoms with E-state index >= 15 is 0 Å². The number of halogens is 1. The molecule has 1 amide bonds. The first-order valence-electron chi connectivity index (χ1n) is 8.44. The fourth-order valence-corrected chi connectivity index (χ4v) is 4.12. The molecule has 1 aliphatic rings. The summed E-state index contributed by atoms with van der Waals surface area (Å²) < 4.78 is 27.9. The molecule has 0 radical (unpaired) electrons. The third kappa shape index (κ3) is 5.67. The zero-order valence-electron chi connectivity index (χ0n) is 14.9. The summed E-state index contributed by atoms with van der Waals surface area (Å²) >= 11 is 5.82. The monoisotopic (exact) mass is 387 g/mol. The average molecular weight is 388 g/mol. The second-order valence-corrected chi connectivity index (χ2v) is 9.04. The molecule has 0 saturated carbocycles. The highest BCUT2D eigenvalue weighted by atomic mass is 35.5. The lowest BCUT2D eigenvalue weighted by molar-refractivity contribution is -0.135. The number of hydrogen-bond acceptors (Lipinski definition) is 4. The average Bonchev–Trinajstić information content (AvgIpc) is 2.54. The molecule has 1 aromatic carbocycles. The first-order valence-corrected chi connectivity index (χ1v) is 10.3. The van der Waals surface area contributed by atoms with Gasteiger partial charge in [-0.15, -0.1) is 0 Å². The fourth-order valence-electron chi connectivity index (χ4n) is 2.79. The van der Waals surface area contributed by atoms with Gasteiger partial charge >= 0.3 is 0 Å². The van der Waals surface area contributed by atoms with Crippen LogP contribution in [0.4, 0.5) is 0 Å². The van der Waals surface area contributed by atoms with Gasteiger partial charge < -0.3 is 9.80 Å². The van der Waals surface area contributed by atoms with Crippen molar-refractivity contribution in [2.75, 3.05) is 33.2 Å². The van der Waals surface area contributed by atoms with E-state index in [1.807, 2.05) is 20.9 Å². The number of hydrogen-bond donors (Lipinski definition) is 1. The lowest BCUT2D eigenvalue weighted by Crippen LogP contribution is -2.54. The van der Waals surface area contributed by atoms with Crippen molar-refractivity contribution in [3.05, 3.63) is 29.3 Å². The van der Waals surface area contributed by atoms with Crippen molar-refractivity contribution in [1.82, 2.24) is 14.5 Å². The SMILES string of the molecule is CC(C)C[C@H](NS(=O)(=O)c1ccc(Cl)cc1)C(=O)N1CCN(C)CC1. The molecular formula is C17H26ClN3O3S. The second-order valence-electron chi connectivity index (χ2n) is 6.89. The van der Waals surface area contributed by atoms with Gasteiger partial charge in [-0.2, -0.15) is 4.72 Å². The summed E-state index contributed by atoms with van der Waals surface area (Å²) in [7, 11) is -1.77. The minimum Gasteiger partial charge on any atom is -0.339 e. The van der Waals surface area contributed by atoms with Gasteiger partial charge in [-0.3, -0.25) is 4.79 Å². The Morgan fingerprint density at radius 1 is 1.16 bits per heavy atom. The Kier molecular flexibility index (Phi) is 6.85. The van der Waals surface area contributed by atoms with Crippen molar-refractivity contribution in [3.63, 3.8) is 0 Å². The Hall–Kier alpha value is -1.15. The lowest BCUT2D eigenvalue weighted by Gasteiger charge is -2.35. The van der Waals surface area contributed by atoms with E-state index in [1.54, 1.807) is 4.90 Å². The minimum absolute atomic E-state index is 0.108. The maximum Gasteiger partial charge on any atom is 0.241 e. The van der Waals surface area contributed by atoms with Crippen molar-refractivity contribution in [1.29, 1.82) is 0 Å². The summed E-state index contributed by atoms with van der Waals surface area (Å²) in [6.45, 7) is 6.77. The van der Waals surface area contributed by atoms with E-state index < -0.39 is 16.1 Å². The molecule has 1 aliphatic heterocycles.